The summed E-state index contributed by atoms with van der Waals surface area (Å²) in [6.07, 6.45) is 2.53. The number of guanidine groups is 1. The monoisotopic (exact) mass is 405 g/mol. The van der Waals surface area contributed by atoms with Crippen LogP contribution in [0.5, 0.6) is 0 Å². The standard InChI is InChI=1S/C21H32FN5O2/c1-23-20(28)14-16-5-7-27(8-6-16)21(24-2)25-15-17-3-4-19(18(22)13-17)26-9-11-29-12-10-26/h3-4,13,16H,5-12,14-15H2,1-2H3,(H,23,28)(H,24,25). The smallest absolute Gasteiger partial charge is 0.220 e. The van der Waals surface area contributed by atoms with Crippen LogP contribution in [0.25, 0.3) is 0 Å². The van der Waals surface area contributed by atoms with Crippen molar-refractivity contribution in [3.63, 3.8) is 0 Å². The number of nitrogens with one attached hydrogen (secondary N) is 2. The van der Waals surface area contributed by atoms with Crippen molar-refractivity contribution in [2.75, 3.05) is 58.4 Å². The van der Waals surface area contributed by atoms with Gasteiger partial charge in [0.05, 0.1) is 18.9 Å². The Morgan fingerprint density at radius 1 is 1.24 bits per heavy atom. The Labute approximate surface area is 172 Å². The van der Waals surface area contributed by atoms with Crippen molar-refractivity contribution in [2.45, 2.75) is 25.8 Å². The zero-order chi connectivity index (χ0) is 20.6. The molecule has 7 nitrogen and oxygen atoms in total. The highest BCUT2D eigenvalue weighted by atomic mass is 19.1. The van der Waals surface area contributed by atoms with Gasteiger partial charge in [0.25, 0.3) is 0 Å². The van der Waals surface area contributed by atoms with Crippen molar-refractivity contribution in [3.05, 3.63) is 29.6 Å². The van der Waals surface area contributed by atoms with Gasteiger partial charge in [0.1, 0.15) is 5.82 Å². The molecule has 1 aromatic carbocycles. The lowest BCUT2D eigenvalue weighted by atomic mass is 9.93. The van der Waals surface area contributed by atoms with Crippen molar-refractivity contribution >= 4 is 17.6 Å². The maximum atomic E-state index is 14.6. The average Bonchev–Trinajstić information content (AvgIpc) is 2.76. The van der Waals surface area contributed by atoms with Gasteiger partial charge in [-0.25, -0.2) is 4.39 Å². The highest BCUT2D eigenvalue weighted by Gasteiger charge is 2.23. The van der Waals surface area contributed by atoms with Gasteiger partial charge in [0.2, 0.25) is 5.91 Å². The Bertz CT molecular complexity index is 713. The number of carbonyl (C=O) groups excluding carboxylic acids is 1. The fourth-order valence-electron chi connectivity index (χ4n) is 3.95. The molecular weight excluding hydrogens is 373 g/mol. The zero-order valence-corrected chi connectivity index (χ0v) is 17.4. The van der Waals surface area contributed by atoms with Crippen LogP contribution in [0.3, 0.4) is 0 Å². The Morgan fingerprint density at radius 3 is 2.59 bits per heavy atom. The average molecular weight is 406 g/mol. The molecule has 0 atom stereocenters. The molecule has 8 heteroatoms. The van der Waals surface area contributed by atoms with E-state index in [0.29, 0.717) is 37.8 Å². The minimum atomic E-state index is -0.198. The van der Waals surface area contributed by atoms with Gasteiger partial charge in [-0.2, -0.15) is 0 Å². The second-order valence-corrected chi connectivity index (χ2v) is 7.59. The van der Waals surface area contributed by atoms with Gasteiger partial charge in [0.15, 0.2) is 5.96 Å². The highest BCUT2D eigenvalue weighted by molar-refractivity contribution is 5.80. The van der Waals surface area contributed by atoms with Crippen LogP contribution in [0.4, 0.5) is 10.1 Å². The SMILES string of the molecule is CN=C(NCc1ccc(N2CCOCC2)c(F)c1)N1CCC(CC(=O)NC)CC1. The summed E-state index contributed by atoms with van der Waals surface area (Å²) >= 11 is 0. The number of amides is 1. The topological polar surface area (TPSA) is 69.2 Å². The molecule has 0 unspecified atom stereocenters. The van der Waals surface area contributed by atoms with E-state index in [1.807, 2.05) is 17.0 Å². The molecule has 2 aliphatic rings. The Hall–Kier alpha value is -2.35. The fraction of sp³-hybridized carbons (Fsp3) is 0.619. The summed E-state index contributed by atoms with van der Waals surface area (Å²) in [6, 6.07) is 5.41. The summed E-state index contributed by atoms with van der Waals surface area (Å²) in [5.41, 5.74) is 1.52. The van der Waals surface area contributed by atoms with Crippen LogP contribution in [-0.4, -0.2) is 70.3 Å². The van der Waals surface area contributed by atoms with Crippen molar-refractivity contribution in [1.29, 1.82) is 0 Å². The summed E-state index contributed by atoms with van der Waals surface area (Å²) < 4.78 is 19.9. The summed E-state index contributed by atoms with van der Waals surface area (Å²) in [6.45, 7) is 4.97. The lowest BCUT2D eigenvalue weighted by Gasteiger charge is -2.34. The molecular formula is C21H32FN5O2. The maximum Gasteiger partial charge on any atom is 0.220 e. The number of benzene rings is 1. The van der Waals surface area contributed by atoms with Crippen molar-refractivity contribution in [3.8, 4) is 0 Å². The number of aliphatic imine (C=N–C) groups is 1. The van der Waals surface area contributed by atoms with Gasteiger partial charge in [-0.05, 0) is 36.5 Å². The normalized spacial score (nSPS) is 18.7. The minimum Gasteiger partial charge on any atom is -0.378 e. The summed E-state index contributed by atoms with van der Waals surface area (Å²) in [7, 11) is 3.45. The van der Waals surface area contributed by atoms with Crippen LogP contribution >= 0.6 is 0 Å². The van der Waals surface area contributed by atoms with Gasteiger partial charge in [-0.15, -0.1) is 0 Å². The number of halogens is 1. The molecule has 2 fully saturated rings. The van der Waals surface area contributed by atoms with Crippen molar-refractivity contribution in [2.24, 2.45) is 10.9 Å². The van der Waals surface area contributed by atoms with E-state index in [1.165, 1.54) is 0 Å². The van der Waals surface area contributed by atoms with E-state index < -0.39 is 0 Å². The Kier molecular flexibility index (Phi) is 7.69. The first-order chi connectivity index (χ1) is 14.1. The molecule has 160 valence electrons. The molecule has 0 bridgehead atoms. The minimum absolute atomic E-state index is 0.105. The summed E-state index contributed by atoms with van der Waals surface area (Å²) in [5, 5.41) is 6.04. The van der Waals surface area contributed by atoms with E-state index >= 15 is 0 Å². The maximum absolute atomic E-state index is 14.6. The molecule has 1 amide bonds. The first-order valence-corrected chi connectivity index (χ1v) is 10.4. The van der Waals surface area contributed by atoms with Crippen LogP contribution in [-0.2, 0) is 16.1 Å². The number of hydrogen-bond acceptors (Lipinski definition) is 4. The number of hydrogen-bond donors (Lipinski definition) is 2. The lowest BCUT2D eigenvalue weighted by molar-refractivity contribution is -0.121. The van der Waals surface area contributed by atoms with E-state index in [-0.39, 0.29) is 11.7 Å². The molecule has 0 spiro atoms. The lowest BCUT2D eigenvalue weighted by Crippen LogP contribution is -2.45. The number of rotatable bonds is 5. The molecule has 0 aromatic heterocycles. The summed E-state index contributed by atoms with van der Waals surface area (Å²) in [4.78, 5) is 20.2. The number of nitrogens with zero attached hydrogens (tertiary/aromatic N) is 3. The molecule has 3 rings (SSSR count). The predicted molar refractivity (Wildman–Crippen MR) is 113 cm³/mol. The first kappa shape index (κ1) is 21.4. The largest absolute Gasteiger partial charge is 0.378 e. The van der Waals surface area contributed by atoms with Gasteiger partial charge in [-0.1, -0.05) is 6.07 Å². The number of carbonyl (C=O) groups is 1. The van der Waals surface area contributed by atoms with Crippen LogP contribution in [0.1, 0.15) is 24.8 Å². The Balaban J connectivity index is 1.51. The first-order valence-electron chi connectivity index (χ1n) is 10.4. The molecule has 0 saturated carbocycles. The molecule has 0 aliphatic carbocycles. The molecule has 2 aliphatic heterocycles. The third-order valence-electron chi connectivity index (χ3n) is 5.69. The molecule has 1 aromatic rings. The van der Waals surface area contributed by atoms with Gasteiger partial charge in [0, 0.05) is 53.2 Å². The third-order valence-corrected chi connectivity index (χ3v) is 5.69. The molecule has 29 heavy (non-hydrogen) atoms. The van der Waals surface area contributed by atoms with Gasteiger partial charge >= 0.3 is 0 Å². The fourth-order valence-corrected chi connectivity index (χ4v) is 3.95. The molecule has 2 heterocycles. The number of piperidine rings is 1. The van der Waals surface area contributed by atoms with E-state index in [0.717, 1.165) is 50.5 Å². The zero-order valence-electron chi connectivity index (χ0n) is 17.4. The third kappa shape index (κ3) is 5.82. The van der Waals surface area contributed by atoms with E-state index in [2.05, 4.69) is 20.5 Å². The predicted octanol–water partition coefficient (Wildman–Crippen LogP) is 1.59. The highest BCUT2D eigenvalue weighted by Crippen LogP contribution is 2.22. The second-order valence-electron chi connectivity index (χ2n) is 7.59. The van der Waals surface area contributed by atoms with Crippen LogP contribution < -0.4 is 15.5 Å². The van der Waals surface area contributed by atoms with E-state index in [1.54, 1.807) is 20.2 Å². The number of likely N-dealkylation sites (tertiary alicyclic amines) is 1. The summed E-state index contributed by atoms with van der Waals surface area (Å²) in [5.74, 6) is 1.15. The number of ether oxygens (including phenoxy) is 1. The van der Waals surface area contributed by atoms with E-state index in [9.17, 15) is 9.18 Å². The number of morpholine rings is 1. The molecule has 2 N–H and O–H groups in total. The van der Waals surface area contributed by atoms with Gasteiger partial charge < -0.3 is 25.2 Å². The van der Waals surface area contributed by atoms with Crippen LogP contribution in [0.15, 0.2) is 23.2 Å². The number of anilines is 1. The Morgan fingerprint density at radius 2 is 1.97 bits per heavy atom. The van der Waals surface area contributed by atoms with Crippen LogP contribution in [0, 0.1) is 11.7 Å². The second kappa shape index (κ2) is 10.4. The van der Waals surface area contributed by atoms with E-state index in [4.69, 9.17) is 4.74 Å². The van der Waals surface area contributed by atoms with Gasteiger partial charge in [-0.3, -0.25) is 9.79 Å². The quantitative estimate of drug-likeness (QED) is 0.575. The molecule has 0 radical (unpaired) electrons. The van der Waals surface area contributed by atoms with Crippen molar-refractivity contribution in [1.82, 2.24) is 15.5 Å². The molecule has 2 saturated heterocycles. The van der Waals surface area contributed by atoms with Crippen molar-refractivity contribution < 1.29 is 13.9 Å². The van der Waals surface area contributed by atoms with Crippen LogP contribution in [0.2, 0.25) is 0 Å².